The Morgan fingerprint density at radius 1 is 1.23 bits per heavy atom. The Hall–Kier alpha value is -3.78. The maximum atomic E-state index is 15.9. The molecule has 1 aliphatic rings. The smallest absolute Gasteiger partial charge is 0.231 e. The van der Waals surface area contributed by atoms with Crippen LogP contribution in [0.1, 0.15) is 38.9 Å². The summed E-state index contributed by atoms with van der Waals surface area (Å²) in [5, 5.41) is 0.644. The van der Waals surface area contributed by atoms with Crippen LogP contribution in [0.4, 0.5) is 20.4 Å². The Morgan fingerprint density at radius 2 is 2.05 bits per heavy atom. The number of nitrogens with zero attached hydrogens (tertiary/aromatic N) is 4. The van der Waals surface area contributed by atoms with Crippen LogP contribution in [0.15, 0.2) is 48.7 Å². The standard InChI is InChI=1S/C30H34F2N6O4S/c1-17(2)42-25-14-20(21-5-4-6-22(27(21)32)24(31)9-10-35-43(39)40)13-23-28(25)36-29(19-7-8-26(33)34-15-19)37-30(23)38-11-12-41-16-18(38)3/h4-8,13-15,17-18,24,35H,9-12,16H2,1-3H3,(H2,33,34)(H,39,40). The average molecular weight is 613 g/mol. The number of halogens is 2. The zero-order valence-electron chi connectivity index (χ0n) is 24.1. The Balaban J connectivity index is 1.69. The predicted octanol–water partition coefficient (Wildman–Crippen LogP) is 5.22. The number of benzene rings is 2. The van der Waals surface area contributed by atoms with Gasteiger partial charge >= 0.3 is 0 Å². The van der Waals surface area contributed by atoms with Crippen molar-refractivity contribution in [1.29, 1.82) is 0 Å². The van der Waals surface area contributed by atoms with E-state index in [1.807, 2.05) is 20.8 Å². The summed E-state index contributed by atoms with van der Waals surface area (Å²) in [5.41, 5.74) is 7.54. The first-order valence-corrected chi connectivity index (χ1v) is 15.1. The van der Waals surface area contributed by atoms with Gasteiger partial charge in [-0.1, -0.05) is 18.2 Å². The van der Waals surface area contributed by atoms with Gasteiger partial charge in [-0.05, 0) is 57.0 Å². The monoisotopic (exact) mass is 612 g/mol. The van der Waals surface area contributed by atoms with Crippen molar-refractivity contribution in [3.8, 4) is 28.3 Å². The number of hydrogen-bond acceptors (Lipinski definition) is 8. The van der Waals surface area contributed by atoms with Crippen LogP contribution in [0.25, 0.3) is 33.4 Å². The molecular weight excluding hydrogens is 578 g/mol. The first kappa shape index (κ1) is 30.7. The number of rotatable bonds is 10. The van der Waals surface area contributed by atoms with Gasteiger partial charge in [0.05, 0.1) is 25.4 Å². The van der Waals surface area contributed by atoms with E-state index in [0.717, 1.165) is 0 Å². The fourth-order valence-corrected chi connectivity index (χ4v) is 5.35. The molecule has 4 aromatic rings. The van der Waals surface area contributed by atoms with E-state index >= 15 is 8.78 Å². The molecule has 13 heteroatoms. The second-order valence-electron chi connectivity index (χ2n) is 10.6. The fourth-order valence-electron chi connectivity index (χ4n) is 5.05. The van der Waals surface area contributed by atoms with Crippen LogP contribution in [0, 0.1) is 5.82 Å². The summed E-state index contributed by atoms with van der Waals surface area (Å²) in [4.78, 5) is 16.2. The molecule has 3 atom stereocenters. The molecule has 2 aromatic carbocycles. The average Bonchev–Trinajstić information content (AvgIpc) is 2.97. The zero-order valence-corrected chi connectivity index (χ0v) is 24.9. The van der Waals surface area contributed by atoms with Crippen LogP contribution in [-0.2, 0) is 16.0 Å². The minimum atomic E-state index is -2.28. The van der Waals surface area contributed by atoms with Gasteiger partial charge in [-0.25, -0.2) is 32.7 Å². The summed E-state index contributed by atoms with van der Waals surface area (Å²) in [6.45, 7) is 7.32. The van der Waals surface area contributed by atoms with Gasteiger partial charge in [-0.15, -0.1) is 0 Å². The number of alkyl halides is 1. The number of pyridine rings is 1. The summed E-state index contributed by atoms with van der Waals surface area (Å²) in [7, 11) is 0. The molecule has 2 aromatic heterocycles. The first-order chi connectivity index (χ1) is 20.6. The van der Waals surface area contributed by atoms with Crippen molar-refractivity contribution in [2.24, 2.45) is 0 Å². The van der Waals surface area contributed by atoms with Gasteiger partial charge in [0.2, 0.25) is 11.3 Å². The van der Waals surface area contributed by atoms with Crippen molar-refractivity contribution < 1.29 is 27.0 Å². The van der Waals surface area contributed by atoms with Gasteiger partial charge in [0.15, 0.2) is 5.82 Å². The van der Waals surface area contributed by atoms with Gasteiger partial charge in [-0.2, -0.15) is 0 Å². The number of nitrogens with two attached hydrogens (primary N) is 1. The molecule has 3 heterocycles. The van der Waals surface area contributed by atoms with Gasteiger partial charge in [0.25, 0.3) is 0 Å². The molecule has 1 fully saturated rings. The van der Waals surface area contributed by atoms with Crippen LogP contribution in [-0.4, -0.2) is 62.2 Å². The quantitative estimate of drug-likeness (QED) is 0.206. The third kappa shape index (κ3) is 6.90. The molecule has 0 saturated carbocycles. The maximum absolute atomic E-state index is 15.9. The molecule has 5 rings (SSSR count). The van der Waals surface area contributed by atoms with E-state index in [1.165, 1.54) is 6.07 Å². The van der Waals surface area contributed by atoms with Crippen molar-refractivity contribution in [2.75, 3.05) is 36.9 Å². The van der Waals surface area contributed by atoms with Crippen molar-refractivity contribution in [3.05, 3.63) is 60.0 Å². The van der Waals surface area contributed by atoms with Crippen LogP contribution < -0.4 is 20.1 Å². The Bertz CT molecular complexity index is 1630. The molecule has 10 nitrogen and oxygen atoms in total. The topological polar surface area (TPSA) is 136 Å². The van der Waals surface area contributed by atoms with Gasteiger partial charge in [0.1, 0.15) is 34.9 Å². The molecule has 0 bridgehead atoms. The third-order valence-electron chi connectivity index (χ3n) is 7.09. The third-order valence-corrected chi connectivity index (χ3v) is 7.54. The number of aromatic nitrogens is 3. The normalized spacial score (nSPS) is 16.9. The van der Waals surface area contributed by atoms with Gasteiger partial charge in [-0.3, -0.25) is 4.55 Å². The lowest BCUT2D eigenvalue weighted by atomic mass is 9.97. The van der Waals surface area contributed by atoms with Crippen molar-refractivity contribution >= 4 is 33.8 Å². The van der Waals surface area contributed by atoms with Crippen LogP contribution in [0.5, 0.6) is 5.75 Å². The lowest BCUT2D eigenvalue weighted by Crippen LogP contribution is -2.44. The Kier molecular flexibility index (Phi) is 9.45. The molecule has 0 amide bonds. The highest BCUT2D eigenvalue weighted by Gasteiger charge is 2.26. The van der Waals surface area contributed by atoms with Crippen molar-refractivity contribution in [1.82, 2.24) is 19.7 Å². The summed E-state index contributed by atoms with van der Waals surface area (Å²) in [6.07, 6.45) is -0.478. The van der Waals surface area contributed by atoms with E-state index in [-0.39, 0.29) is 36.2 Å². The van der Waals surface area contributed by atoms with E-state index < -0.39 is 23.3 Å². The molecule has 1 aliphatic heterocycles. The van der Waals surface area contributed by atoms with E-state index in [9.17, 15) is 4.21 Å². The van der Waals surface area contributed by atoms with Crippen molar-refractivity contribution in [2.45, 2.75) is 45.5 Å². The zero-order chi connectivity index (χ0) is 30.7. The number of fused-ring (bicyclic) bond motifs is 1. The van der Waals surface area contributed by atoms with Gasteiger partial charge in [0, 0.05) is 41.4 Å². The second kappa shape index (κ2) is 13.2. The molecule has 4 N–H and O–H groups in total. The highest BCUT2D eigenvalue weighted by molar-refractivity contribution is 7.77. The number of morpholine rings is 1. The summed E-state index contributed by atoms with van der Waals surface area (Å²) in [6, 6.07) is 11.5. The molecule has 1 saturated heterocycles. The molecule has 0 radical (unpaired) electrons. The van der Waals surface area contributed by atoms with Gasteiger partial charge < -0.3 is 20.1 Å². The van der Waals surface area contributed by atoms with E-state index in [1.54, 1.807) is 42.6 Å². The van der Waals surface area contributed by atoms with E-state index in [2.05, 4.69) is 14.6 Å². The number of ether oxygens (including phenoxy) is 2. The van der Waals surface area contributed by atoms with Crippen LogP contribution in [0.2, 0.25) is 0 Å². The minimum absolute atomic E-state index is 0.00316. The highest BCUT2D eigenvalue weighted by Crippen LogP contribution is 2.40. The number of anilines is 2. The lowest BCUT2D eigenvalue weighted by Gasteiger charge is -2.35. The number of nitrogens with one attached hydrogen (secondary N) is 1. The first-order valence-electron chi connectivity index (χ1n) is 14.0. The van der Waals surface area contributed by atoms with Crippen LogP contribution in [0.3, 0.4) is 0 Å². The van der Waals surface area contributed by atoms with E-state index in [0.29, 0.717) is 65.0 Å². The summed E-state index contributed by atoms with van der Waals surface area (Å²) < 4.78 is 65.0. The minimum Gasteiger partial charge on any atom is -0.489 e. The predicted molar refractivity (Wildman–Crippen MR) is 163 cm³/mol. The van der Waals surface area contributed by atoms with Crippen LogP contribution >= 0.6 is 0 Å². The molecule has 0 spiro atoms. The Morgan fingerprint density at radius 3 is 2.74 bits per heavy atom. The summed E-state index contributed by atoms with van der Waals surface area (Å²) >= 11 is -2.28. The molecular formula is C30H34F2N6O4S. The fraction of sp³-hybridized carbons (Fsp3) is 0.367. The second-order valence-corrected chi connectivity index (χ2v) is 11.4. The Labute approximate surface area is 251 Å². The molecule has 43 heavy (non-hydrogen) atoms. The molecule has 0 aliphatic carbocycles. The molecule has 228 valence electrons. The highest BCUT2D eigenvalue weighted by atomic mass is 32.2. The maximum Gasteiger partial charge on any atom is 0.231 e. The SMILES string of the molecule is CC(C)Oc1cc(-c2cccc(C(F)CCNS(=O)O)c2F)cc2c(N3CCOCC3C)nc(-c3ccc(N)nc3)nc12. The number of hydrogen-bond donors (Lipinski definition) is 3. The van der Waals surface area contributed by atoms with Crippen molar-refractivity contribution in [3.63, 3.8) is 0 Å². The largest absolute Gasteiger partial charge is 0.489 e. The molecule has 3 unspecified atom stereocenters. The number of nitrogen functional groups attached to an aromatic ring is 1. The lowest BCUT2D eigenvalue weighted by molar-refractivity contribution is 0.0987. The van der Waals surface area contributed by atoms with E-state index in [4.69, 9.17) is 29.7 Å². The summed E-state index contributed by atoms with van der Waals surface area (Å²) in [5.74, 6) is 1.14.